The van der Waals surface area contributed by atoms with E-state index in [1.165, 1.54) is 6.92 Å². The minimum atomic E-state index is -1.11. The summed E-state index contributed by atoms with van der Waals surface area (Å²) in [5.74, 6) is -1.51. The van der Waals surface area contributed by atoms with Gasteiger partial charge >= 0.3 is 5.97 Å². The van der Waals surface area contributed by atoms with E-state index < -0.39 is 24.6 Å². The smallest absolute Gasteiger partial charge is 0.303 e. The predicted octanol–water partition coefficient (Wildman–Crippen LogP) is 0.440. The van der Waals surface area contributed by atoms with E-state index in [2.05, 4.69) is 0 Å². The van der Waals surface area contributed by atoms with Crippen LogP contribution in [-0.4, -0.2) is 16.9 Å². The molecule has 3 nitrogen and oxygen atoms in total. The SMILES string of the molecule is [2H][C@H](CC(=O)O)C(C)=O. The summed E-state index contributed by atoms with van der Waals surface area (Å²) in [7, 11) is 0. The maximum Gasteiger partial charge on any atom is 0.303 e. The Morgan fingerprint density at radius 1 is 1.75 bits per heavy atom. The van der Waals surface area contributed by atoms with Crippen LogP contribution in [0, 0.1) is 0 Å². The van der Waals surface area contributed by atoms with Crippen molar-refractivity contribution in [1.29, 1.82) is 0 Å². The van der Waals surface area contributed by atoms with Gasteiger partial charge in [-0.15, -0.1) is 0 Å². The molecule has 0 rings (SSSR count). The number of rotatable bonds is 3. The fourth-order valence-electron chi connectivity index (χ4n) is 0.231. The molecule has 46 valence electrons. The molecule has 0 fully saturated rings. The highest BCUT2D eigenvalue weighted by atomic mass is 16.4. The number of carboxylic acid groups (broad SMARTS) is 1. The summed E-state index contributed by atoms with van der Waals surface area (Å²) in [4.78, 5) is 20.1. The van der Waals surface area contributed by atoms with Crippen LogP contribution >= 0.6 is 0 Å². The van der Waals surface area contributed by atoms with Crippen molar-refractivity contribution in [2.24, 2.45) is 0 Å². The molecule has 0 bridgehead atoms. The zero-order valence-electron chi connectivity index (χ0n) is 5.55. The van der Waals surface area contributed by atoms with Gasteiger partial charge in [-0.05, 0) is 6.92 Å². The third-order valence-electron chi connectivity index (χ3n) is 0.564. The van der Waals surface area contributed by atoms with E-state index in [9.17, 15) is 9.59 Å². The van der Waals surface area contributed by atoms with Crippen LogP contribution in [0.4, 0.5) is 0 Å². The lowest BCUT2D eigenvalue weighted by molar-refractivity contribution is -0.138. The van der Waals surface area contributed by atoms with Crippen LogP contribution in [0.25, 0.3) is 0 Å². The van der Waals surface area contributed by atoms with Gasteiger partial charge in [0.05, 0.1) is 6.42 Å². The van der Waals surface area contributed by atoms with Crippen LogP contribution in [0.2, 0.25) is 0 Å². The van der Waals surface area contributed by atoms with Crippen LogP contribution in [-0.2, 0) is 9.59 Å². The average Bonchev–Trinajstić information content (AvgIpc) is 1.63. The number of Topliss-reactive ketones (excluding diaryl/α,β-unsaturated/α-hetero) is 1. The molecule has 0 aliphatic carbocycles. The number of hydrogen-bond donors (Lipinski definition) is 1. The molecule has 0 aromatic heterocycles. The third kappa shape index (κ3) is 5.14. The van der Waals surface area contributed by atoms with Crippen molar-refractivity contribution in [2.75, 3.05) is 0 Å². The van der Waals surface area contributed by atoms with Crippen molar-refractivity contribution in [2.45, 2.75) is 19.7 Å². The van der Waals surface area contributed by atoms with Gasteiger partial charge in [-0.2, -0.15) is 0 Å². The van der Waals surface area contributed by atoms with Gasteiger partial charge in [-0.25, -0.2) is 0 Å². The Bertz CT molecular complexity index is 132. The molecular formula is C5H8O3. The molecule has 3 heteroatoms. The number of carbonyl (C=O) groups excluding carboxylic acids is 1. The summed E-state index contributed by atoms with van der Waals surface area (Å²) in [6.45, 7) is 1.21. The van der Waals surface area contributed by atoms with E-state index in [4.69, 9.17) is 6.48 Å². The van der Waals surface area contributed by atoms with Crippen molar-refractivity contribution in [1.82, 2.24) is 0 Å². The van der Waals surface area contributed by atoms with Crippen molar-refractivity contribution in [3.63, 3.8) is 0 Å². The van der Waals surface area contributed by atoms with Crippen molar-refractivity contribution in [3.05, 3.63) is 0 Å². The van der Waals surface area contributed by atoms with Gasteiger partial charge < -0.3 is 9.90 Å². The van der Waals surface area contributed by atoms with E-state index in [1.807, 2.05) is 0 Å². The van der Waals surface area contributed by atoms with Crippen LogP contribution in [0.1, 0.15) is 21.1 Å². The summed E-state index contributed by atoms with van der Waals surface area (Å²) in [6.07, 6.45) is -1.49. The van der Waals surface area contributed by atoms with Crippen LogP contribution in [0.3, 0.4) is 0 Å². The molecule has 0 spiro atoms. The zero-order valence-corrected chi connectivity index (χ0v) is 4.55. The molecule has 0 saturated heterocycles. The molecule has 0 amide bonds. The number of hydrogen-bond acceptors (Lipinski definition) is 2. The van der Waals surface area contributed by atoms with Crippen LogP contribution in [0.5, 0.6) is 0 Å². The van der Waals surface area contributed by atoms with E-state index in [0.717, 1.165) is 0 Å². The Balaban J connectivity index is 3.63. The molecule has 0 saturated carbocycles. The van der Waals surface area contributed by atoms with Crippen molar-refractivity contribution in [3.8, 4) is 0 Å². The van der Waals surface area contributed by atoms with E-state index in [-0.39, 0.29) is 0 Å². The second-order valence-electron chi connectivity index (χ2n) is 1.41. The Morgan fingerprint density at radius 2 is 2.25 bits per heavy atom. The lowest BCUT2D eigenvalue weighted by Crippen LogP contribution is -1.98. The normalized spacial score (nSPS) is 14.4. The van der Waals surface area contributed by atoms with Crippen molar-refractivity contribution >= 4 is 11.8 Å². The summed E-state index contributed by atoms with van der Waals surface area (Å²) in [6, 6.07) is 0. The molecule has 0 heterocycles. The minimum absolute atomic E-state index is 0.394. The molecule has 0 aliphatic rings. The average molecular weight is 117 g/mol. The van der Waals surface area contributed by atoms with Crippen LogP contribution in [0.15, 0.2) is 0 Å². The van der Waals surface area contributed by atoms with E-state index >= 15 is 0 Å². The molecule has 1 N–H and O–H groups in total. The standard InChI is InChI=1S/C5H8O3/c1-4(6)2-3-5(7)8/h2-3H2,1H3,(H,7,8)/i2D/t2-/m1/s1. The van der Waals surface area contributed by atoms with Gasteiger partial charge in [0.25, 0.3) is 0 Å². The number of carboxylic acids is 1. The van der Waals surface area contributed by atoms with E-state index in [1.54, 1.807) is 0 Å². The summed E-state index contributed by atoms with van der Waals surface area (Å²) >= 11 is 0. The van der Waals surface area contributed by atoms with Gasteiger partial charge in [0.1, 0.15) is 5.78 Å². The first kappa shape index (κ1) is 5.28. The highest BCUT2D eigenvalue weighted by Crippen LogP contribution is 1.87. The quantitative estimate of drug-likeness (QED) is 0.583. The second-order valence-corrected chi connectivity index (χ2v) is 1.41. The van der Waals surface area contributed by atoms with Crippen LogP contribution < -0.4 is 0 Å². The molecule has 8 heavy (non-hydrogen) atoms. The molecular weight excluding hydrogens is 108 g/mol. The van der Waals surface area contributed by atoms with Crippen molar-refractivity contribution < 1.29 is 16.1 Å². The zero-order chi connectivity index (χ0) is 7.44. The molecule has 1 atom stereocenters. The molecule has 0 aromatic carbocycles. The Labute approximate surface area is 48.7 Å². The summed E-state index contributed by atoms with van der Waals surface area (Å²) in [5, 5.41) is 8.06. The first-order valence-electron chi connectivity index (χ1n) is 2.76. The second kappa shape index (κ2) is 3.18. The Morgan fingerprint density at radius 3 is 2.38 bits per heavy atom. The third-order valence-corrected chi connectivity index (χ3v) is 0.564. The maximum atomic E-state index is 10.2. The highest BCUT2D eigenvalue weighted by Gasteiger charge is 1.97. The van der Waals surface area contributed by atoms with Gasteiger partial charge in [0.15, 0.2) is 0 Å². The van der Waals surface area contributed by atoms with Gasteiger partial charge in [0.2, 0.25) is 0 Å². The summed E-state index contributed by atoms with van der Waals surface area (Å²) in [5.41, 5.74) is 0. The van der Waals surface area contributed by atoms with Gasteiger partial charge in [-0.3, -0.25) is 4.79 Å². The minimum Gasteiger partial charge on any atom is -0.481 e. The van der Waals surface area contributed by atoms with Gasteiger partial charge in [0, 0.05) is 7.77 Å². The fraction of sp³-hybridized carbons (Fsp3) is 0.600. The largest absolute Gasteiger partial charge is 0.481 e. The first-order valence-corrected chi connectivity index (χ1v) is 2.18. The highest BCUT2D eigenvalue weighted by molar-refractivity contribution is 5.80. The molecule has 0 unspecified atom stereocenters. The van der Waals surface area contributed by atoms with E-state index in [0.29, 0.717) is 0 Å². The number of carbonyl (C=O) groups is 2. The fourth-order valence-corrected chi connectivity index (χ4v) is 0.231. The Hall–Kier alpha value is -0.860. The Kier molecular flexibility index (Phi) is 2.10. The molecule has 0 aromatic rings. The monoisotopic (exact) mass is 117 g/mol. The molecule has 0 aliphatic heterocycles. The summed E-state index contributed by atoms with van der Waals surface area (Å²) < 4.78 is 6.83. The lowest BCUT2D eigenvalue weighted by atomic mass is 10.2. The maximum absolute atomic E-state index is 10.2. The predicted molar refractivity (Wildman–Crippen MR) is 27.6 cm³/mol. The number of aliphatic carboxylic acids is 1. The molecule has 0 radical (unpaired) electrons. The number of ketones is 1. The first-order chi connectivity index (χ1) is 4.04. The lowest BCUT2D eigenvalue weighted by Gasteiger charge is -1.86. The topological polar surface area (TPSA) is 54.4 Å². The van der Waals surface area contributed by atoms with Gasteiger partial charge in [-0.1, -0.05) is 0 Å².